The molecule has 25 heavy (non-hydrogen) atoms. The smallest absolute Gasteiger partial charge is 0.190 e. The molecule has 7 atom stereocenters. The van der Waals surface area contributed by atoms with Gasteiger partial charge in [0.25, 0.3) is 0 Å². The van der Waals surface area contributed by atoms with Crippen LogP contribution in [0.3, 0.4) is 0 Å². The first kappa shape index (κ1) is 18.1. The lowest BCUT2D eigenvalue weighted by Crippen LogP contribution is -2.61. The number of aliphatic hydroxyl groups excluding tert-OH is 1. The summed E-state index contributed by atoms with van der Waals surface area (Å²) in [6.07, 6.45) is 4.74. The molecular formula is C20H27IO4. The summed E-state index contributed by atoms with van der Waals surface area (Å²) in [5.41, 5.74) is -1.41. The maximum Gasteiger partial charge on any atom is 0.190 e. The Morgan fingerprint density at radius 1 is 1.24 bits per heavy atom. The molecule has 0 aromatic rings. The van der Waals surface area contributed by atoms with Crippen LogP contribution in [0.1, 0.15) is 40.5 Å². The van der Waals surface area contributed by atoms with Gasteiger partial charge in [-0.05, 0) is 41.2 Å². The number of hydrogen-bond donors (Lipinski definition) is 3. The SMILES string of the molecule is CC1=C[C@H]2[C@@]3(O)[C@H](I)C[C@]4(C)[C@@H]([C@@H]3C=C(CO)C[C@]2(O)C1=O)C4(C)C. The van der Waals surface area contributed by atoms with Gasteiger partial charge in [-0.25, -0.2) is 0 Å². The Balaban J connectivity index is 1.92. The molecule has 0 amide bonds. The third-order valence-electron chi connectivity index (χ3n) is 8.15. The predicted octanol–water partition coefficient (Wildman–Crippen LogP) is 2.40. The highest BCUT2D eigenvalue weighted by Gasteiger charge is 2.78. The van der Waals surface area contributed by atoms with Crippen molar-refractivity contribution >= 4 is 28.4 Å². The lowest BCUT2D eigenvalue weighted by Gasteiger charge is -2.49. The summed E-state index contributed by atoms with van der Waals surface area (Å²) in [6, 6.07) is 0. The molecule has 0 aromatic carbocycles. The van der Waals surface area contributed by atoms with Crippen LogP contribution in [0.5, 0.6) is 0 Å². The Hall–Kier alpha value is -0.240. The average molecular weight is 458 g/mol. The van der Waals surface area contributed by atoms with Crippen LogP contribution in [0.25, 0.3) is 0 Å². The lowest BCUT2D eigenvalue weighted by molar-refractivity contribution is -0.154. The molecule has 0 spiro atoms. The van der Waals surface area contributed by atoms with Crippen molar-refractivity contribution in [2.24, 2.45) is 28.6 Å². The highest BCUT2D eigenvalue weighted by Crippen LogP contribution is 2.79. The Bertz CT molecular complexity index is 725. The van der Waals surface area contributed by atoms with Crippen molar-refractivity contribution in [1.29, 1.82) is 0 Å². The van der Waals surface area contributed by atoms with Gasteiger partial charge in [0.2, 0.25) is 0 Å². The zero-order valence-corrected chi connectivity index (χ0v) is 17.4. The first-order chi connectivity index (χ1) is 11.4. The van der Waals surface area contributed by atoms with Gasteiger partial charge in [0.1, 0.15) is 5.60 Å². The van der Waals surface area contributed by atoms with Crippen molar-refractivity contribution in [3.05, 3.63) is 23.3 Å². The minimum Gasteiger partial charge on any atom is -0.392 e. The summed E-state index contributed by atoms with van der Waals surface area (Å²) in [5, 5.41) is 33.2. The van der Waals surface area contributed by atoms with Gasteiger partial charge in [0, 0.05) is 22.2 Å². The van der Waals surface area contributed by atoms with Crippen LogP contribution in [-0.2, 0) is 4.79 Å². The third kappa shape index (κ3) is 1.91. The monoisotopic (exact) mass is 458 g/mol. The molecule has 0 bridgehead atoms. The number of carbonyl (C=O) groups excluding carboxylic acids is 1. The van der Waals surface area contributed by atoms with Gasteiger partial charge in [-0.1, -0.05) is 55.5 Å². The number of carbonyl (C=O) groups is 1. The highest BCUT2D eigenvalue weighted by atomic mass is 127. The van der Waals surface area contributed by atoms with E-state index in [4.69, 9.17) is 0 Å². The molecule has 0 saturated heterocycles. The second-order valence-electron chi connectivity index (χ2n) is 9.44. The van der Waals surface area contributed by atoms with E-state index >= 15 is 0 Å². The maximum absolute atomic E-state index is 12.7. The molecule has 4 aliphatic rings. The minimum absolute atomic E-state index is 0.0705. The molecule has 2 saturated carbocycles. The number of hydrogen-bond acceptors (Lipinski definition) is 4. The first-order valence-electron chi connectivity index (χ1n) is 9.07. The van der Waals surface area contributed by atoms with Gasteiger partial charge < -0.3 is 15.3 Å². The van der Waals surface area contributed by atoms with Crippen LogP contribution in [0, 0.1) is 28.6 Å². The number of fused-ring (bicyclic) bond motifs is 5. The Morgan fingerprint density at radius 3 is 2.48 bits per heavy atom. The summed E-state index contributed by atoms with van der Waals surface area (Å²) in [4.78, 5) is 12.7. The molecule has 3 N–H and O–H groups in total. The quantitative estimate of drug-likeness (QED) is 0.321. The van der Waals surface area contributed by atoms with E-state index < -0.39 is 17.1 Å². The summed E-state index contributed by atoms with van der Waals surface area (Å²) < 4.78 is -0.0705. The van der Waals surface area contributed by atoms with Crippen LogP contribution >= 0.6 is 22.6 Å². The molecule has 0 heterocycles. The fourth-order valence-corrected chi connectivity index (χ4v) is 8.13. The van der Waals surface area contributed by atoms with Gasteiger partial charge in [-0.2, -0.15) is 0 Å². The largest absolute Gasteiger partial charge is 0.392 e. The standard InChI is InChI=1S/C20H27IO4/c1-10-5-13-19(24,16(10)23)7-11(9-22)6-12-15-17(2,3)18(15,4)8-14(21)20(12,13)25/h5-6,12-15,22,24-25H,7-9H2,1-4H3/t12-,13+,14+,15-,18+,19+,20+/m0/s1. The Kier molecular flexibility index (Phi) is 3.61. The van der Waals surface area contributed by atoms with Crippen molar-refractivity contribution in [3.8, 4) is 0 Å². The number of ketones is 1. The van der Waals surface area contributed by atoms with Crippen LogP contribution in [-0.4, -0.2) is 42.8 Å². The van der Waals surface area contributed by atoms with Crippen LogP contribution < -0.4 is 0 Å². The number of halogens is 1. The summed E-state index contributed by atoms with van der Waals surface area (Å²) >= 11 is 2.32. The van der Waals surface area contributed by atoms with Crippen LogP contribution in [0.15, 0.2) is 23.3 Å². The number of alkyl halides is 1. The number of Topliss-reactive ketones (excluding diaryl/α,β-unsaturated/α-hetero) is 1. The summed E-state index contributed by atoms with van der Waals surface area (Å²) in [5.74, 6) is -0.817. The first-order valence-corrected chi connectivity index (χ1v) is 10.3. The van der Waals surface area contributed by atoms with Crippen molar-refractivity contribution in [3.63, 3.8) is 0 Å². The average Bonchev–Trinajstić information content (AvgIpc) is 2.90. The lowest BCUT2D eigenvalue weighted by atomic mass is 9.63. The second-order valence-corrected chi connectivity index (χ2v) is 10.9. The van der Waals surface area contributed by atoms with Gasteiger partial charge in [0.05, 0.1) is 12.2 Å². The molecule has 0 aromatic heterocycles. The molecule has 4 rings (SSSR count). The van der Waals surface area contributed by atoms with Crippen molar-refractivity contribution < 1.29 is 20.1 Å². The molecule has 0 unspecified atom stereocenters. The molecule has 4 nitrogen and oxygen atoms in total. The second kappa shape index (κ2) is 4.97. The van der Waals surface area contributed by atoms with E-state index in [1.807, 2.05) is 6.08 Å². The normalized spacial score (nSPS) is 53.2. The van der Waals surface area contributed by atoms with Gasteiger partial charge in [0.15, 0.2) is 5.78 Å². The molecule has 5 heteroatoms. The zero-order chi connectivity index (χ0) is 18.6. The van der Waals surface area contributed by atoms with E-state index in [-0.39, 0.29) is 45.4 Å². The maximum atomic E-state index is 12.7. The van der Waals surface area contributed by atoms with Crippen molar-refractivity contribution in [1.82, 2.24) is 0 Å². The molecule has 4 aliphatic carbocycles. The van der Waals surface area contributed by atoms with Gasteiger partial charge in [-0.3, -0.25) is 4.79 Å². The minimum atomic E-state index is -1.64. The van der Waals surface area contributed by atoms with E-state index in [0.29, 0.717) is 11.1 Å². The van der Waals surface area contributed by atoms with Crippen molar-refractivity contribution in [2.75, 3.05) is 6.61 Å². The zero-order valence-electron chi connectivity index (χ0n) is 15.2. The fraction of sp³-hybridized carbons (Fsp3) is 0.750. The molecule has 2 fully saturated rings. The van der Waals surface area contributed by atoms with E-state index in [1.165, 1.54) is 0 Å². The fourth-order valence-electron chi connectivity index (χ4n) is 6.42. The Labute approximate surface area is 162 Å². The topological polar surface area (TPSA) is 77.8 Å². The van der Waals surface area contributed by atoms with E-state index in [2.05, 4.69) is 43.4 Å². The highest BCUT2D eigenvalue weighted by molar-refractivity contribution is 14.1. The van der Waals surface area contributed by atoms with Crippen molar-refractivity contribution in [2.45, 2.75) is 55.7 Å². The Morgan fingerprint density at radius 2 is 1.88 bits per heavy atom. The van der Waals surface area contributed by atoms with Gasteiger partial charge >= 0.3 is 0 Å². The van der Waals surface area contributed by atoms with E-state index in [1.54, 1.807) is 13.0 Å². The summed E-state index contributed by atoms with van der Waals surface area (Å²) in [7, 11) is 0. The molecule has 138 valence electrons. The molecular weight excluding hydrogens is 431 g/mol. The van der Waals surface area contributed by atoms with Crippen LogP contribution in [0.2, 0.25) is 0 Å². The summed E-state index contributed by atoms with van der Waals surface area (Å²) in [6.45, 7) is 8.30. The van der Waals surface area contributed by atoms with E-state index in [0.717, 1.165) is 6.42 Å². The third-order valence-corrected chi connectivity index (χ3v) is 9.58. The van der Waals surface area contributed by atoms with E-state index in [9.17, 15) is 20.1 Å². The molecule has 0 radical (unpaired) electrons. The number of rotatable bonds is 1. The van der Waals surface area contributed by atoms with Gasteiger partial charge in [-0.15, -0.1) is 0 Å². The van der Waals surface area contributed by atoms with Crippen LogP contribution in [0.4, 0.5) is 0 Å². The number of aliphatic hydroxyl groups is 3. The predicted molar refractivity (Wildman–Crippen MR) is 103 cm³/mol. The molecule has 0 aliphatic heterocycles.